The minimum Gasteiger partial charge on any atom is -0.392 e. The summed E-state index contributed by atoms with van der Waals surface area (Å²) in [4.78, 5) is 11.2. The van der Waals surface area contributed by atoms with Gasteiger partial charge in [-0.15, -0.1) is 11.3 Å². The number of pyridine rings is 1. The molecule has 2 heterocycles. The van der Waals surface area contributed by atoms with Gasteiger partial charge < -0.3 is 10.0 Å². The molecule has 2 aromatic rings. The lowest BCUT2D eigenvalue weighted by atomic mass is 10.1. The van der Waals surface area contributed by atoms with Crippen LogP contribution in [-0.4, -0.2) is 22.1 Å². The number of rotatable bonds is 5. The Morgan fingerprint density at radius 2 is 2.05 bits per heavy atom. The van der Waals surface area contributed by atoms with Gasteiger partial charge >= 0.3 is 0 Å². The minimum absolute atomic E-state index is 0.0406. The van der Waals surface area contributed by atoms with E-state index in [1.54, 1.807) is 11.3 Å². The van der Waals surface area contributed by atoms with Crippen molar-refractivity contribution in [3.8, 4) is 0 Å². The molecule has 0 amide bonds. The van der Waals surface area contributed by atoms with Crippen molar-refractivity contribution in [3.05, 3.63) is 39.5 Å². The van der Waals surface area contributed by atoms with E-state index in [-0.39, 0.29) is 6.61 Å². The Hall–Kier alpha value is -1.46. The molecule has 0 aliphatic carbocycles. The Morgan fingerprint density at radius 3 is 2.60 bits per heavy atom. The summed E-state index contributed by atoms with van der Waals surface area (Å²) in [6.45, 7) is 6.99. The topological polar surface area (TPSA) is 49.2 Å². The lowest BCUT2D eigenvalue weighted by molar-refractivity contribution is 0.281. The summed E-state index contributed by atoms with van der Waals surface area (Å²) < 4.78 is 0. The second-order valence-corrected chi connectivity index (χ2v) is 6.35. The second kappa shape index (κ2) is 6.33. The molecule has 0 saturated carbocycles. The van der Waals surface area contributed by atoms with E-state index in [9.17, 15) is 5.11 Å². The number of thiazole rings is 1. The van der Waals surface area contributed by atoms with Gasteiger partial charge in [-0.1, -0.05) is 13.8 Å². The molecule has 0 fully saturated rings. The van der Waals surface area contributed by atoms with E-state index in [1.165, 1.54) is 0 Å². The van der Waals surface area contributed by atoms with Gasteiger partial charge in [0.15, 0.2) is 0 Å². The largest absolute Gasteiger partial charge is 0.392 e. The number of aryl methyl sites for hydroxylation is 1. The van der Waals surface area contributed by atoms with Crippen LogP contribution < -0.4 is 4.90 Å². The first kappa shape index (κ1) is 14.9. The molecule has 5 heteroatoms. The van der Waals surface area contributed by atoms with Crippen molar-refractivity contribution < 1.29 is 5.11 Å². The molecule has 0 spiro atoms. The van der Waals surface area contributed by atoms with E-state index in [0.29, 0.717) is 5.92 Å². The fraction of sp³-hybridized carbons (Fsp3) is 0.467. The van der Waals surface area contributed by atoms with E-state index in [2.05, 4.69) is 34.1 Å². The average Bonchev–Trinajstić information content (AvgIpc) is 2.83. The van der Waals surface area contributed by atoms with Gasteiger partial charge in [-0.3, -0.25) is 0 Å². The highest BCUT2D eigenvalue weighted by Gasteiger charge is 2.10. The van der Waals surface area contributed by atoms with Crippen molar-refractivity contribution >= 4 is 17.2 Å². The molecule has 0 atom stereocenters. The number of aromatic nitrogens is 2. The van der Waals surface area contributed by atoms with E-state index in [1.807, 2.05) is 26.1 Å². The molecule has 2 aromatic heterocycles. The Morgan fingerprint density at radius 1 is 1.30 bits per heavy atom. The third-order valence-electron chi connectivity index (χ3n) is 3.12. The predicted octanol–water partition coefficient (Wildman–Crippen LogP) is 3.10. The number of hydrogen-bond donors (Lipinski definition) is 1. The molecule has 0 aromatic carbocycles. The highest BCUT2D eigenvalue weighted by molar-refractivity contribution is 7.09. The van der Waals surface area contributed by atoms with Crippen LogP contribution in [0.1, 0.15) is 41.7 Å². The number of aliphatic hydroxyl groups excluding tert-OH is 1. The maximum Gasteiger partial charge on any atom is 0.129 e. The number of anilines is 1. The SMILES string of the molecule is Cc1nc(CN(C)c2cc(CO)cc(C(C)C)n2)cs1. The summed E-state index contributed by atoms with van der Waals surface area (Å²) in [6, 6.07) is 3.90. The third-order valence-corrected chi connectivity index (χ3v) is 3.94. The van der Waals surface area contributed by atoms with E-state index >= 15 is 0 Å². The van der Waals surface area contributed by atoms with Gasteiger partial charge in [0.1, 0.15) is 5.82 Å². The first-order valence-corrected chi connectivity index (χ1v) is 7.61. The van der Waals surface area contributed by atoms with Crippen molar-refractivity contribution in [3.63, 3.8) is 0 Å². The van der Waals surface area contributed by atoms with Crippen LogP contribution in [0.15, 0.2) is 17.5 Å². The zero-order chi connectivity index (χ0) is 14.7. The molecule has 2 rings (SSSR count). The van der Waals surface area contributed by atoms with Crippen LogP contribution in [0, 0.1) is 6.92 Å². The normalized spacial score (nSPS) is 11.1. The van der Waals surface area contributed by atoms with Gasteiger partial charge in [0.25, 0.3) is 0 Å². The molecular weight excluding hydrogens is 270 g/mol. The summed E-state index contributed by atoms with van der Waals surface area (Å²) >= 11 is 1.66. The van der Waals surface area contributed by atoms with Crippen molar-refractivity contribution in [2.24, 2.45) is 0 Å². The molecule has 0 bridgehead atoms. The average molecular weight is 291 g/mol. The Labute approximate surface area is 124 Å². The summed E-state index contributed by atoms with van der Waals surface area (Å²) in [6.07, 6.45) is 0. The molecular formula is C15H21N3OS. The van der Waals surface area contributed by atoms with Crippen molar-refractivity contribution in [2.45, 2.75) is 39.8 Å². The molecule has 1 N–H and O–H groups in total. The molecule has 4 nitrogen and oxygen atoms in total. The Kier molecular flexibility index (Phi) is 4.73. The van der Waals surface area contributed by atoms with Crippen LogP contribution in [-0.2, 0) is 13.2 Å². The Bertz CT molecular complexity index is 580. The first-order valence-electron chi connectivity index (χ1n) is 6.73. The molecule has 108 valence electrons. The fourth-order valence-corrected chi connectivity index (χ4v) is 2.59. The quantitative estimate of drug-likeness (QED) is 0.919. The zero-order valence-corrected chi connectivity index (χ0v) is 13.2. The lowest BCUT2D eigenvalue weighted by Crippen LogP contribution is -2.19. The fourth-order valence-electron chi connectivity index (χ4n) is 1.98. The van der Waals surface area contributed by atoms with Gasteiger partial charge in [0.2, 0.25) is 0 Å². The van der Waals surface area contributed by atoms with Crippen molar-refractivity contribution in [1.82, 2.24) is 9.97 Å². The first-order chi connectivity index (χ1) is 9.49. The van der Waals surface area contributed by atoms with Crippen LogP contribution >= 0.6 is 11.3 Å². The minimum atomic E-state index is 0.0406. The summed E-state index contributed by atoms with van der Waals surface area (Å²) in [7, 11) is 2.00. The monoisotopic (exact) mass is 291 g/mol. The van der Waals surface area contributed by atoms with Gasteiger partial charge in [-0.25, -0.2) is 9.97 Å². The molecule has 0 aliphatic heterocycles. The van der Waals surface area contributed by atoms with Crippen LogP contribution in [0.2, 0.25) is 0 Å². The van der Waals surface area contributed by atoms with Crippen molar-refractivity contribution in [2.75, 3.05) is 11.9 Å². The predicted molar refractivity (Wildman–Crippen MR) is 83.2 cm³/mol. The summed E-state index contributed by atoms with van der Waals surface area (Å²) in [5.74, 6) is 1.22. The summed E-state index contributed by atoms with van der Waals surface area (Å²) in [5, 5.41) is 12.5. The number of aliphatic hydroxyl groups is 1. The van der Waals surface area contributed by atoms with E-state index in [0.717, 1.165) is 34.3 Å². The molecule has 0 saturated heterocycles. The van der Waals surface area contributed by atoms with Gasteiger partial charge in [0, 0.05) is 18.1 Å². The Balaban J connectivity index is 2.24. The van der Waals surface area contributed by atoms with E-state index in [4.69, 9.17) is 0 Å². The standard InChI is InChI=1S/C15H21N3OS/c1-10(2)14-5-12(8-19)6-15(17-14)18(4)7-13-9-20-11(3)16-13/h5-6,9-10,19H,7-8H2,1-4H3. The van der Waals surface area contributed by atoms with Crippen molar-refractivity contribution in [1.29, 1.82) is 0 Å². The van der Waals surface area contributed by atoms with Crippen LogP contribution in [0.25, 0.3) is 0 Å². The lowest BCUT2D eigenvalue weighted by Gasteiger charge is -2.19. The number of nitrogens with zero attached hydrogens (tertiary/aromatic N) is 3. The highest BCUT2D eigenvalue weighted by Crippen LogP contribution is 2.21. The molecule has 0 radical (unpaired) electrons. The third kappa shape index (κ3) is 3.55. The molecule has 20 heavy (non-hydrogen) atoms. The van der Waals surface area contributed by atoms with Gasteiger partial charge in [-0.2, -0.15) is 0 Å². The maximum atomic E-state index is 9.39. The van der Waals surface area contributed by atoms with Crippen LogP contribution in [0.5, 0.6) is 0 Å². The van der Waals surface area contributed by atoms with Gasteiger partial charge in [0.05, 0.1) is 23.9 Å². The second-order valence-electron chi connectivity index (χ2n) is 5.29. The molecule has 0 unspecified atom stereocenters. The van der Waals surface area contributed by atoms with Crippen LogP contribution in [0.3, 0.4) is 0 Å². The van der Waals surface area contributed by atoms with E-state index < -0.39 is 0 Å². The molecule has 0 aliphatic rings. The van der Waals surface area contributed by atoms with Crippen LogP contribution in [0.4, 0.5) is 5.82 Å². The maximum absolute atomic E-state index is 9.39. The smallest absolute Gasteiger partial charge is 0.129 e. The van der Waals surface area contributed by atoms with Gasteiger partial charge in [-0.05, 0) is 30.5 Å². The highest BCUT2D eigenvalue weighted by atomic mass is 32.1. The summed E-state index contributed by atoms with van der Waals surface area (Å²) in [5.41, 5.74) is 2.96. The zero-order valence-electron chi connectivity index (χ0n) is 12.4. The number of hydrogen-bond acceptors (Lipinski definition) is 5.